The third-order valence-corrected chi connectivity index (χ3v) is 5.29. The molecule has 1 aliphatic carbocycles. The minimum absolute atomic E-state index is 0.114. The molecule has 0 amide bonds. The van der Waals surface area contributed by atoms with Crippen molar-refractivity contribution in [2.75, 3.05) is 25.4 Å². The summed E-state index contributed by atoms with van der Waals surface area (Å²) < 4.78 is 25.7. The molecule has 1 saturated carbocycles. The number of hydrogen-bond donors (Lipinski definition) is 1. The summed E-state index contributed by atoms with van der Waals surface area (Å²) >= 11 is 0. The first-order valence-electron chi connectivity index (χ1n) is 5.80. The van der Waals surface area contributed by atoms with Gasteiger partial charge in [-0.25, -0.2) is 8.42 Å². The number of nitrogens with zero attached hydrogens (tertiary/aromatic N) is 1. The Morgan fingerprint density at radius 2 is 2.13 bits per heavy atom. The van der Waals surface area contributed by atoms with Crippen molar-refractivity contribution >= 4 is 10.0 Å². The first kappa shape index (κ1) is 11.4. The molecule has 15 heavy (non-hydrogen) atoms. The molecule has 1 N–H and O–H groups in total. The molecule has 0 spiro atoms. The molecule has 2 aliphatic rings. The van der Waals surface area contributed by atoms with Crippen molar-refractivity contribution in [1.82, 2.24) is 9.62 Å². The third-order valence-electron chi connectivity index (χ3n) is 3.28. The van der Waals surface area contributed by atoms with Gasteiger partial charge in [0.05, 0.1) is 5.75 Å². The lowest BCUT2D eigenvalue weighted by molar-refractivity contribution is 0.283. The molecule has 0 aromatic heterocycles. The van der Waals surface area contributed by atoms with Gasteiger partial charge in [0, 0.05) is 25.7 Å². The lowest BCUT2D eigenvalue weighted by atomic mass is 10.3. The second-order valence-electron chi connectivity index (χ2n) is 4.71. The zero-order valence-electron chi connectivity index (χ0n) is 9.28. The van der Waals surface area contributed by atoms with Crippen molar-refractivity contribution in [3.63, 3.8) is 0 Å². The van der Waals surface area contributed by atoms with Crippen LogP contribution in [0.5, 0.6) is 0 Å². The van der Waals surface area contributed by atoms with Gasteiger partial charge in [-0.1, -0.05) is 12.8 Å². The summed E-state index contributed by atoms with van der Waals surface area (Å²) in [4.78, 5) is 0. The molecule has 88 valence electrons. The molecule has 1 atom stereocenters. The predicted octanol–water partition coefficient (Wildman–Crippen LogP) is 0.410. The Morgan fingerprint density at radius 1 is 1.40 bits per heavy atom. The average Bonchev–Trinajstić information content (AvgIpc) is 2.99. The van der Waals surface area contributed by atoms with Crippen LogP contribution in [0.1, 0.15) is 26.2 Å². The molecule has 1 saturated heterocycles. The first-order valence-corrected chi connectivity index (χ1v) is 7.41. The average molecular weight is 232 g/mol. The van der Waals surface area contributed by atoms with Crippen molar-refractivity contribution in [2.24, 2.45) is 5.92 Å². The number of hydrogen-bond acceptors (Lipinski definition) is 3. The van der Waals surface area contributed by atoms with E-state index in [2.05, 4.69) is 5.32 Å². The van der Waals surface area contributed by atoms with Crippen molar-refractivity contribution < 1.29 is 8.42 Å². The van der Waals surface area contributed by atoms with Crippen LogP contribution in [0.2, 0.25) is 0 Å². The molecular weight excluding hydrogens is 212 g/mol. The Kier molecular flexibility index (Phi) is 3.33. The Bertz CT molecular complexity index is 311. The van der Waals surface area contributed by atoms with Gasteiger partial charge >= 0.3 is 0 Å². The zero-order valence-corrected chi connectivity index (χ0v) is 10.1. The van der Waals surface area contributed by atoms with Gasteiger partial charge in [0.1, 0.15) is 0 Å². The van der Waals surface area contributed by atoms with Crippen LogP contribution >= 0.6 is 0 Å². The van der Waals surface area contributed by atoms with E-state index in [-0.39, 0.29) is 6.04 Å². The first-order chi connectivity index (χ1) is 7.09. The van der Waals surface area contributed by atoms with Gasteiger partial charge in [-0.2, -0.15) is 4.31 Å². The summed E-state index contributed by atoms with van der Waals surface area (Å²) in [6.07, 6.45) is 3.32. The molecule has 5 heteroatoms. The van der Waals surface area contributed by atoms with Gasteiger partial charge in [-0.15, -0.1) is 0 Å². The van der Waals surface area contributed by atoms with Crippen molar-refractivity contribution in [3.05, 3.63) is 0 Å². The van der Waals surface area contributed by atoms with E-state index < -0.39 is 10.0 Å². The fraction of sp³-hybridized carbons (Fsp3) is 1.00. The Balaban J connectivity index is 1.92. The largest absolute Gasteiger partial charge is 0.314 e. The Hall–Kier alpha value is -0.130. The smallest absolute Gasteiger partial charge is 0.214 e. The Morgan fingerprint density at radius 3 is 2.73 bits per heavy atom. The highest BCUT2D eigenvalue weighted by atomic mass is 32.2. The highest BCUT2D eigenvalue weighted by Crippen LogP contribution is 2.33. The Labute approximate surface area is 92.1 Å². The second-order valence-corrected chi connectivity index (χ2v) is 6.75. The van der Waals surface area contributed by atoms with Gasteiger partial charge in [-0.05, 0) is 19.3 Å². The highest BCUT2D eigenvalue weighted by Gasteiger charge is 2.31. The van der Waals surface area contributed by atoms with E-state index in [1.54, 1.807) is 4.31 Å². The normalized spacial score (nSPS) is 29.3. The van der Waals surface area contributed by atoms with Crippen LogP contribution in [-0.2, 0) is 10.0 Å². The zero-order chi connectivity index (χ0) is 10.9. The second kappa shape index (κ2) is 4.39. The monoisotopic (exact) mass is 232 g/mol. The molecule has 2 rings (SSSR count). The molecule has 1 heterocycles. The quantitative estimate of drug-likeness (QED) is 0.764. The standard InChI is InChI=1S/C10H20N2O2S/c1-9-8-11-5-6-12(9)15(13,14)7-4-10-2-3-10/h9-11H,2-8H2,1H3/t9-/m1/s1. The van der Waals surface area contributed by atoms with Crippen LogP contribution in [0, 0.1) is 5.92 Å². The molecule has 0 aromatic carbocycles. The molecule has 1 aliphatic heterocycles. The maximum absolute atomic E-state index is 12.0. The predicted molar refractivity (Wildman–Crippen MR) is 60.2 cm³/mol. The van der Waals surface area contributed by atoms with Crippen molar-refractivity contribution in [2.45, 2.75) is 32.2 Å². The minimum Gasteiger partial charge on any atom is -0.314 e. The van der Waals surface area contributed by atoms with E-state index in [1.165, 1.54) is 12.8 Å². The molecule has 0 unspecified atom stereocenters. The van der Waals surface area contributed by atoms with E-state index in [0.717, 1.165) is 19.5 Å². The highest BCUT2D eigenvalue weighted by molar-refractivity contribution is 7.89. The topological polar surface area (TPSA) is 49.4 Å². The SMILES string of the molecule is C[C@@H]1CNCCN1S(=O)(=O)CCC1CC1. The maximum atomic E-state index is 12.0. The van der Waals surface area contributed by atoms with E-state index in [0.29, 0.717) is 18.2 Å². The van der Waals surface area contributed by atoms with Gasteiger partial charge in [0.2, 0.25) is 10.0 Å². The third kappa shape index (κ3) is 2.92. The molecule has 0 aromatic rings. The number of sulfonamides is 1. The molecule has 0 bridgehead atoms. The lowest BCUT2D eigenvalue weighted by Crippen LogP contribution is -2.52. The number of rotatable bonds is 4. The summed E-state index contributed by atoms with van der Waals surface area (Å²) in [5.74, 6) is 1.04. The van der Waals surface area contributed by atoms with Gasteiger partial charge < -0.3 is 5.32 Å². The van der Waals surface area contributed by atoms with Gasteiger partial charge in [0.15, 0.2) is 0 Å². The molecular formula is C10H20N2O2S. The van der Waals surface area contributed by atoms with Crippen LogP contribution < -0.4 is 5.32 Å². The van der Waals surface area contributed by atoms with Crippen LogP contribution in [0.25, 0.3) is 0 Å². The van der Waals surface area contributed by atoms with E-state index in [4.69, 9.17) is 0 Å². The fourth-order valence-electron chi connectivity index (χ4n) is 2.08. The van der Waals surface area contributed by atoms with E-state index >= 15 is 0 Å². The minimum atomic E-state index is -2.99. The van der Waals surface area contributed by atoms with Crippen LogP contribution in [0.4, 0.5) is 0 Å². The van der Waals surface area contributed by atoms with Crippen LogP contribution in [0.15, 0.2) is 0 Å². The molecule has 4 nitrogen and oxygen atoms in total. The summed E-state index contributed by atoms with van der Waals surface area (Å²) in [5, 5.41) is 3.21. The van der Waals surface area contributed by atoms with Gasteiger partial charge in [0.25, 0.3) is 0 Å². The van der Waals surface area contributed by atoms with E-state index in [1.807, 2.05) is 6.92 Å². The molecule has 2 fully saturated rings. The van der Waals surface area contributed by atoms with E-state index in [9.17, 15) is 8.42 Å². The van der Waals surface area contributed by atoms with Crippen LogP contribution in [0.3, 0.4) is 0 Å². The number of nitrogens with one attached hydrogen (secondary N) is 1. The van der Waals surface area contributed by atoms with Gasteiger partial charge in [-0.3, -0.25) is 0 Å². The summed E-state index contributed by atoms with van der Waals surface area (Å²) in [6, 6.07) is 0.114. The summed E-state index contributed by atoms with van der Waals surface area (Å²) in [6.45, 7) is 4.17. The molecule has 0 radical (unpaired) electrons. The van der Waals surface area contributed by atoms with Crippen molar-refractivity contribution in [3.8, 4) is 0 Å². The fourth-order valence-corrected chi connectivity index (χ4v) is 3.93. The maximum Gasteiger partial charge on any atom is 0.214 e. The number of piperazine rings is 1. The lowest BCUT2D eigenvalue weighted by Gasteiger charge is -2.32. The van der Waals surface area contributed by atoms with Crippen molar-refractivity contribution in [1.29, 1.82) is 0 Å². The summed E-state index contributed by atoms with van der Waals surface area (Å²) in [5.41, 5.74) is 0. The summed E-state index contributed by atoms with van der Waals surface area (Å²) in [7, 11) is -2.99. The van der Waals surface area contributed by atoms with Crippen LogP contribution in [-0.4, -0.2) is 44.2 Å².